The summed E-state index contributed by atoms with van der Waals surface area (Å²) in [4.78, 5) is 28.0. The Morgan fingerprint density at radius 1 is 1.04 bits per heavy atom. The molecule has 0 aromatic carbocycles. The van der Waals surface area contributed by atoms with Crippen molar-refractivity contribution in [3.63, 3.8) is 0 Å². The van der Waals surface area contributed by atoms with E-state index in [1.54, 1.807) is 0 Å². The van der Waals surface area contributed by atoms with Gasteiger partial charge in [0, 0.05) is 48.0 Å². The van der Waals surface area contributed by atoms with E-state index in [1.807, 2.05) is 6.08 Å². The van der Waals surface area contributed by atoms with E-state index >= 15 is 0 Å². The third kappa shape index (κ3) is 1.88. The van der Waals surface area contributed by atoms with Crippen LogP contribution in [0.2, 0.25) is 0 Å². The van der Waals surface area contributed by atoms with Crippen molar-refractivity contribution >= 4 is 11.6 Å². The zero-order valence-corrected chi connectivity index (χ0v) is 14.0. The number of nitrogens with zero attached hydrogens (tertiary/aromatic N) is 1. The van der Waals surface area contributed by atoms with Gasteiger partial charge in [-0.15, -0.1) is 0 Å². The number of ketones is 2. The van der Waals surface area contributed by atoms with E-state index in [4.69, 9.17) is 0 Å². The number of allylic oxidation sites excluding steroid dienone is 2. The standard InChI is InChI=1S/C20H27NO2/c1-11-6-7-15-16-8-12(9-18(15)22)20-14-5-3-2-4-13(14)19(23)10-17(20)21(11)16/h10-16,20H,2-9H2,1H3/t11?,12-,13?,14?,15+,16+,20-/m0/s1. The Bertz CT molecular complexity index is 594. The average molecular weight is 313 g/mol. The van der Waals surface area contributed by atoms with Gasteiger partial charge in [-0.25, -0.2) is 0 Å². The van der Waals surface area contributed by atoms with Gasteiger partial charge < -0.3 is 4.90 Å². The minimum Gasteiger partial charge on any atom is -0.368 e. The number of hydrogen-bond donors (Lipinski definition) is 0. The summed E-state index contributed by atoms with van der Waals surface area (Å²) >= 11 is 0. The summed E-state index contributed by atoms with van der Waals surface area (Å²) in [5.74, 6) is 2.91. The first-order valence-corrected chi connectivity index (χ1v) is 9.71. The SMILES string of the molecule is CC1CC[C@H]2C(=O)C[C@@H]3C[C@H]2N1C1=CC(=O)C2CCCCC2[C@@H]13. The molecule has 4 fully saturated rings. The quantitative estimate of drug-likeness (QED) is 0.688. The van der Waals surface area contributed by atoms with Crippen LogP contribution in [-0.4, -0.2) is 28.6 Å². The molecule has 7 atom stereocenters. The summed E-state index contributed by atoms with van der Waals surface area (Å²) in [5, 5.41) is 0. The molecule has 2 aliphatic heterocycles. The van der Waals surface area contributed by atoms with Crippen molar-refractivity contribution < 1.29 is 9.59 Å². The van der Waals surface area contributed by atoms with E-state index in [0.29, 0.717) is 41.4 Å². The third-order valence-corrected chi connectivity index (χ3v) is 7.70. The number of hydrogen-bond acceptors (Lipinski definition) is 3. The molecule has 124 valence electrons. The molecule has 0 radical (unpaired) electrons. The van der Waals surface area contributed by atoms with E-state index in [1.165, 1.54) is 31.4 Å². The fourth-order valence-corrected chi connectivity index (χ4v) is 6.80. The second-order valence-corrected chi connectivity index (χ2v) is 8.73. The molecular formula is C20H27NO2. The van der Waals surface area contributed by atoms with Crippen LogP contribution in [0, 0.1) is 29.6 Å². The van der Waals surface area contributed by atoms with Gasteiger partial charge in [0.25, 0.3) is 0 Å². The Hall–Kier alpha value is -1.12. The van der Waals surface area contributed by atoms with Gasteiger partial charge in [-0.2, -0.15) is 0 Å². The van der Waals surface area contributed by atoms with Gasteiger partial charge in [-0.05, 0) is 50.9 Å². The summed E-state index contributed by atoms with van der Waals surface area (Å²) in [6.45, 7) is 2.30. The average Bonchev–Trinajstić information content (AvgIpc) is 2.54. The van der Waals surface area contributed by atoms with Crippen LogP contribution in [0.5, 0.6) is 0 Å². The normalized spacial score (nSPS) is 48.5. The number of rotatable bonds is 0. The lowest BCUT2D eigenvalue weighted by molar-refractivity contribution is -0.140. The molecule has 0 N–H and O–H groups in total. The smallest absolute Gasteiger partial charge is 0.160 e. The summed E-state index contributed by atoms with van der Waals surface area (Å²) in [7, 11) is 0. The minimum atomic E-state index is 0.239. The van der Waals surface area contributed by atoms with Crippen molar-refractivity contribution in [1.82, 2.24) is 4.90 Å². The molecule has 3 heteroatoms. The molecule has 0 spiro atoms. The van der Waals surface area contributed by atoms with E-state index < -0.39 is 0 Å². The van der Waals surface area contributed by atoms with E-state index in [2.05, 4.69) is 11.8 Å². The number of carbonyl (C=O) groups excluding carboxylic acids is 2. The fourth-order valence-electron chi connectivity index (χ4n) is 6.80. The summed E-state index contributed by atoms with van der Waals surface area (Å²) in [6.07, 6.45) is 10.9. The van der Waals surface area contributed by atoms with Gasteiger partial charge >= 0.3 is 0 Å². The van der Waals surface area contributed by atoms with Crippen LogP contribution < -0.4 is 0 Å². The van der Waals surface area contributed by atoms with Gasteiger partial charge in [0.1, 0.15) is 5.78 Å². The maximum absolute atomic E-state index is 12.8. The first-order chi connectivity index (χ1) is 11.1. The minimum absolute atomic E-state index is 0.239. The number of fused-ring (bicyclic) bond motifs is 6. The second kappa shape index (κ2) is 4.94. The van der Waals surface area contributed by atoms with Crippen molar-refractivity contribution in [3.05, 3.63) is 11.8 Å². The summed E-state index contributed by atoms with van der Waals surface area (Å²) in [6, 6.07) is 0.880. The van der Waals surface area contributed by atoms with E-state index in [-0.39, 0.29) is 11.8 Å². The Labute approximate surface area is 138 Å². The van der Waals surface area contributed by atoms with Crippen molar-refractivity contribution in [3.8, 4) is 0 Å². The number of carbonyl (C=O) groups is 2. The predicted octanol–water partition coefficient (Wildman–Crippen LogP) is 3.34. The molecule has 3 unspecified atom stereocenters. The van der Waals surface area contributed by atoms with Crippen LogP contribution in [-0.2, 0) is 9.59 Å². The molecule has 5 aliphatic rings. The zero-order chi connectivity index (χ0) is 15.7. The van der Waals surface area contributed by atoms with Crippen LogP contribution in [0.3, 0.4) is 0 Å². The van der Waals surface area contributed by atoms with Crippen molar-refractivity contribution in [2.45, 2.75) is 70.4 Å². The Morgan fingerprint density at radius 3 is 2.74 bits per heavy atom. The topological polar surface area (TPSA) is 37.4 Å². The molecule has 2 heterocycles. The Balaban J connectivity index is 1.62. The van der Waals surface area contributed by atoms with Crippen LogP contribution >= 0.6 is 0 Å². The highest BCUT2D eigenvalue weighted by Gasteiger charge is 2.56. The fraction of sp³-hybridized carbons (Fsp3) is 0.800. The molecule has 0 aromatic rings. The predicted molar refractivity (Wildman–Crippen MR) is 87.6 cm³/mol. The molecule has 2 saturated heterocycles. The van der Waals surface area contributed by atoms with Gasteiger partial charge in [-0.1, -0.05) is 12.8 Å². The molecule has 3 aliphatic carbocycles. The molecule has 0 amide bonds. The zero-order valence-electron chi connectivity index (χ0n) is 14.0. The molecular weight excluding hydrogens is 286 g/mol. The molecule has 23 heavy (non-hydrogen) atoms. The highest BCUT2D eigenvalue weighted by atomic mass is 16.1. The van der Waals surface area contributed by atoms with E-state index in [0.717, 1.165) is 25.7 Å². The molecule has 0 aromatic heterocycles. The highest BCUT2D eigenvalue weighted by molar-refractivity contribution is 5.94. The van der Waals surface area contributed by atoms with Crippen molar-refractivity contribution in [2.75, 3.05) is 0 Å². The van der Waals surface area contributed by atoms with Crippen molar-refractivity contribution in [1.29, 1.82) is 0 Å². The van der Waals surface area contributed by atoms with Crippen LogP contribution in [0.4, 0.5) is 0 Å². The van der Waals surface area contributed by atoms with Crippen LogP contribution in [0.1, 0.15) is 58.3 Å². The van der Waals surface area contributed by atoms with E-state index in [9.17, 15) is 9.59 Å². The van der Waals surface area contributed by atoms with Crippen LogP contribution in [0.25, 0.3) is 0 Å². The van der Waals surface area contributed by atoms with Gasteiger partial charge in [0.15, 0.2) is 5.78 Å². The first-order valence-electron chi connectivity index (χ1n) is 9.71. The monoisotopic (exact) mass is 313 g/mol. The van der Waals surface area contributed by atoms with Gasteiger partial charge in [0.05, 0.1) is 0 Å². The maximum Gasteiger partial charge on any atom is 0.160 e. The Morgan fingerprint density at radius 2 is 1.87 bits per heavy atom. The highest BCUT2D eigenvalue weighted by Crippen LogP contribution is 2.56. The third-order valence-electron chi connectivity index (χ3n) is 7.70. The maximum atomic E-state index is 12.8. The number of piperidine rings is 2. The summed E-state index contributed by atoms with van der Waals surface area (Å²) < 4.78 is 0. The van der Waals surface area contributed by atoms with Gasteiger partial charge in [-0.3, -0.25) is 9.59 Å². The van der Waals surface area contributed by atoms with Crippen LogP contribution in [0.15, 0.2) is 11.8 Å². The largest absolute Gasteiger partial charge is 0.368 e. The molecule has 3 nitrogen and oxygen atoms in total. The molecule has 2 bridgehead atoms. The first kappa shape index (κ1) is 14.2. The van der Waals surface area contributed by atoms with Crippen molar-refractivity contribution in [2.24, 2.45) is 29.6 Å². The molecule has 2 saturated carbocycles. The number of Topliss-reactive ketones (excluding diaryl/α,β-unsaturated/α-hetero) is 1. The lowest BCUT2D eigenvalue weighted by atomic mass is 9.55. The van der Waals surface area contributed by atoms with Gasteiger partial charge in [0.2, 0.25) is 0 Å². The lowest BCUT2D eigenvalue weighted by Crippen LogP contribution is -2.62. The Kier molecular flexibility index (Phi) is 3.06. The second-order valence-electron chi connectivity index (χ2n) is 8.73. The lowest BCUT2D eigenvalue weighted by Gasteiger charge is -2.60. The summed E-state index contributed by atoms with van der Waals surface area (Å²) in [5.41, 5.74) is 1.34. The molecule has 5 rings (SSSR count).